The van der Waals surface area contributed by atoms with E-state index in [2.05, 4.69) is 81.5 Å². The molecule has 0 heterocycles. The average Bonchev–Trinajstić information content (AvgIpc) is 3.46. The van der Waals surface area contributed by atoms with Crippen molar-refractivity contribution in [1.82, 2.24) is 0 Å². The van der Waals surface area contributed by atoms with Gasteiger partial charge in [0.25, 0.3) is 0 Å². The van der Waals surface area contributed by atoms with Gasteiger partial charge < -0.3 is 14.2 Å². The van der Waals surface area contributed by atoms with E-state index in [0.29, 0.717) is 19.3 Å². The Balaban J connectivity index is 4.24. The number of carbonyl (C=O) groups is 3. The molecule has 1 atom stereocenters. The van der Waals surface area contributed by atoms with Crippen LogP contribution in [0.3, 0.4) is 0 Å². The summed E-state index contributed by atoms with van der Waals surface area (Å²) in [6.45, 7) is 6.56. The summed E-state index contributed by atoms with van der Waals surface area (Å²) in [5.74, 6) is -0.895. The van der Waals surface area contributed by atoms with Crippen LogP contribution in [-0.4, -0.2) is 37.2 Å². The highest BCUT2D eigenvalue weighted by Crippen LogP contribution is 2.18. The summed E-state index contributed by atoms with van der Waals surface area (Å²) in [6, 6.07) is 0. The average molecular weight is 1120 g/mol. The highest BCUT2D eigenvalue weighted by molar-refractivity contribution is 5.71. The molecule has 6 nitrogen and oxygen atoms in total. The number of allylic oxidation sites excluding steroid dienone is 10. The zero-order valence-corrected chi connectivity index (χ0v) is 53.6. The van der Waals surface area contributed by atoms with Gasteiger partial charge in [-0.25, -0.2) is 0 Å². The third-order valence-corrected chi connectivity index (χ3v) is 15.8. The van der Waals surface area contributed by atoms with Crippen molar-refractivity contribution in [1.29, 1.82) is 0 Å². The topological polar surface area (TPSA) is 78.9 Å². The molecule has 0 radical (unpaired) electrons. The Morgan fingerprint density at radius 1 is 0.263 bits per heavy atom. The Morgan fingerprint density at radius 3 is 0.775 bits per heavy atom. The van der Waals surface area contributed by atoms with Crippen LogP contribution in [-0.2, 0) is 28.6 Å². The second kappa shape index (κ2) is 68.6. The second-order valence-electron chi connectivity index (χ2n) is 23.8. The standard InChI is InChI=1S/C74H134O6/c1-4-7-10-13-16-19-22-25-28-31-32-33-34-35-36-37-38-39-40-41-42-44-46-49-52-55-58-61-64-67-73(76)79-70-71(69-78-72(75)66-63-60-57-54-51-48-45-30-27-24-21-18-15-12-9-6-3)80-74(77)68-65-62-59-56-53-50-47-43-29-26-23-20-17-14-11-8-5-2/h8,11,17,20,26,29-30,45,47,50,71H,4-7,9-10,12-16,18-19,21-25,27-28,31-44,46,48-49,51-70H2,1-3H3/b11-8-,20-17-,29-26-,45-30-,50-47-. The van der Waals surface area contributed by atoms with E-state index in [1.165, 1.54) is 231 Å². The monoisotopic (exact) mass is 1120 g/mol. The van der Waals surface area contributed by atoms with Gasteiger partial charge in [-0.2, -0.15) is 0 Å². The SMILES string of the molecule is CC/C=C\C/C=C\C/C=C\C/C=C\CCCCCCC(=O)OC(COC(=O)CCCCCCC/C=C\CCCCCCCCC)COC(=O)CCCCCCCCCCCCCCCCCCCCCCCCCCCCCCC. The van der Waals surface area contributed by atoms with Gasteiger partial charge >= 0.3 is 17.9 Å². The van der Waals surface area contributed by atoms with Crippen LogP contribution in [0.4, 0.5) is 0 Å². The number of rotatable bonds is 65. The third-order valence-electron chi connectivity index (χ3n) is 15.8. The number of esters is 3. The lowest BCUT2D eigenvalue weighted by Gasteiger charge is -2.18. The van der Waals surface area contributed by atoms with Crippen molar-refractivity contribution in [2.24, 2.45) is 0 Å². The maximum absolute atomic E-state index is 12.9. The number of carbonyl (C=O) groups excluding carboxylic acids is 3. The number of hydrogen-bond donors (Lipinski definition) is 0. The van der Waals surface area contributed by atoms with Crippen LogP contribution in [0.25, 0.3) is 0 Å². The molecule has 0 fully saturated rings. The maximum Gasteiger partial charge on any atom is 0.306 e. The van der Waals surface area contributed by atoms with Gasteiger partial charge in [0, 0.05) is 19.3 Å². The van der Waals surface area contributed by atoms with Gasteiger partial charge in [0.05, 0.1) is 0 Å². The first kappa shape index (κ1) is 77.1. The summed E-state index contributed by atoms with van der Waals surface area (Å²) in [6.07, 6.45) is 88.3. The van der Waals surface area contributed by atoms with Gasteiger partial charge in [-0.05, 0) is 83.5 Å². The molecular weight excluding hydrogens is 985 g/mol. The highest BCUT2D eigenvalue weighted by Gasteiger charge is 2.19. The molecule has 0 aliphatic rings. The van der Waals surface area contributed by atoms with Crippen molar-refractivity contribution in [3.8, 4) is 0 Å². The Hall–Kier alpha value is -2.89. The molecule has 0 N–H and O–H groups in total. The zero-order valence-electron chi connectivity index (χ0n) is 53.6. The molecule has 466 valence electrons. The first-order valence-corrected chi connectivity index (χ1v) is 35.3. The van der Waals surface area contributed by atoms with Crippen molar-refractivity contribution in [2.45, 2.75) is 380 Å². The summed E-state index contributed by atoms with van der Waals surface area (Å²) in [5, 5.41) is 0. The number of hydrogen-bond acceptors (Lipinski definition) is 6. The van der Waals surface area contributed by atoms with Gasteiger partial charge in [-0.3, -0.25) is 14.4 Å². The quantitative estimate of drug-likeness (QED) is 0.0261. The minimum Gasteiger partial charge on any atom is -0.462 e. The summed E-state index contributed by atoms with van der Waals surface area (Å²) in [5.41, 5.74) is 0. The first-order chi connectivity index (χ1) is 39.5. The van der Waals surface area contributed by atoms with Crippen molar-refractivity contribution < 1.29 is 28.6 Å². The molecule has 0 saturated carbocycles. The van der Waals surface area contributed by atoms with Crippen LogP contribution in [0, 0.1) is 0 Å². The molecule has 1 unspecified atom stereocenters. The van der Waals surface area contributed by atoms with Gasteiger partial charge in [-0.15, -0.1) is 0 Å². The van der Waals surface area contributed by atoms with Gasteiger partial charge in [0.1, 0.15) is 13.2 Å². The lowest BCUT2D eigenvalue weighted by Crippen LogP contribution is -2.30. The van der Waals surface area contributed by atoms with Crippen LogP contribution in [0.1, 0.15) is 374 Å². The molecule has 0 bridgehead atoms. The Labute approximate surface area is 498 Å². The predicted octanol–water partition coefficient (Wildman–Crippen LogP) is 24.3. The van der Waals surface area contributed by atoms with Crippen molar-refractivity contribution in [3.05, 3.63) is 60.8 Å². The maximum atomic E-state index is 12.9. The van der Waals surface area contributed by atoms with Crippen molar-refractivity contribution in [2.75, 3.05) is 13.2 Å². The van der Waals surface area contributed by atoms with E-state index >= 15 is 0 Å². The molecule has 0 rings (SSSR count). The van der Waals surface area contributed by atoms with E-state index in [9.17, 15) is 14.4 Å². The van der Waals surface area contributed by atoms with E-state index in [1.54, 1.807) is 0 Å². The van der Waals surface area contributed by atoms with Crippen LogP contribution < -0.4 is 0 Å². The smallest absolute Gasteiger partial charge is 0.306 e. The fourth-order valence-electron chi connectivity index (χ4n) is 10.5. The lowest BCUT2D eigenvalue weighted by atomic mass is 10.0. The molecule has 0 aliphatic carbocycles. The number of ether oxygens (including phenoxy) is 3. The zero-order chi connectivity index (χ0) is 57.8. The Kier molecular flexibility index (Phi) is 66.1. The third kappa shape index (κ3) is 65.9. The van der Waals surface area contributed by atoms with Gasteiger partial charge in [0.15, 0.2) is 6.10 Å². The fraction of sp³-hybridized carbons (Fsp3) is 0.824. The molecular formula is C74H134O6. The van der Waals surface area contributed by atoms with Gasteiger partial charge in [-0.1, -0.05) is 332 Å². The molecule has 0 aromatic rings. The molecule has 6 heteroatoms. The molecule has 80 heavy (non-hydrogen) atoms. The molecule has 0 amide bonds. The van der Waals surface area contributed by atoms with Crippen LogP contribution in [0.5, 0.6) is 0 Å². The van der Waals surface area contributed by atoms with Crippen LogP contribution in [0.2, 0.25) is 0 Å². The largest absolute Gasteiger partial charge is 0.462 e. The van der Waals surface area contributed by atoms with E-state index in [4.69, 9.17) is 14.2 Å². The molecule has 0 saturated heterocycles. The summed E-state index contributed by atoms with van der Waals surface area (Å²) < 4.78 is 17.0. The van der Waals surface area contributed by atoms with E-state index in [0.717, 1.165) is 103 Å². The Bertz CT molecular complexity index is 1430. The minimum atomic E-state index is -0.791. The predicted molar refractivity (Wildman–Crippen MR) is 348 cm³/mol. The normalized spacial score (nSPS) is 12.4. The summed E-state index contributed by atoms with van der Waals surface area (Å²) >= 11 is 0. The fourth-order valence-corrected chi connectivity index (χ4v) is 10.5. The van der Waals surface area contributed by atoms with Crippen molar-refractivity contribution >= 4 is 17.9 Å². The van der Waals surface area contributed by atoms with Crippen LogP contribution >= 0.6 is 0 Å². The Morgan fingerprint density at radius 2 is 0.487 bits per heavy atom. The van der Waals surface area contributed by atoms with Crippen LogP contribution in [0.15, 0.2) is 60.8 Å². The molecule has 0 aromatic carbocycles. The number of unbranched alkanes of at least 4 members (excludes halogenated alkanes) is 44. The minimum absolute atomic E-state index is 0.0836. The molecule has 0 spiro atoms. The van der Waals surface area contributed by atoms with E-state index in [1.807, 2.05) is 0 Å². The second-order valence-corrected chi connectivity index (χ2v) is 23.8. The molecule has 0 aliphatic heterocycles. The summed E-state index contributed by atoms with van der Waals surface area (Å²) in [7, 11) is 0. The first-order valence-electron chi connectivity index (χ1n) is 35.3. The summed E-state index contributed by atoms with van der Waals surface area (Å²) in [4.78, 5) is 38.4. The van der Waals surface area contributed by atoms with E-state index < -0.39 is 6.10 Å². The van der Waals surface area contributed by atoms with Gasteiger partial charge in [0.2, 0.25) is 0 Å². The van der Waals surface area contributed by atoms with E-state index in [-0.39, 0.29) is 31.1 Å². The lowest BCUT2D eigenvalue weighted by molar-refractivity contribution is -0.167. The highest BCUT2D eigenvalue weighted by atomic mass is 16.6. The van der Waals surface area contributed by atoms with Crippen molar-refractivity contribution in [3.63, 3.8) is 0 Å². The molecule has 0 aromatic heterocycles.